The molecule has 0 heterocycles. The molecule has 1 N–H and O–H groups in total. The third-order valence-corrected chi connectivity index (χ3v) is 8.88. The van der Waals surface area contributed by atoms with Crippen molar-refractivity contribution in [3.8, 4) is 28.0 Å². The van der Waals surface area contributed by atoms with Gasteiger partial charge in [0.25, 0.3) is 0 Å². The Morgan fingerprint density at radius 3 is 2.02 bits per heavy atom. The molecule has 0 amide bonds. The normalized spacial score (nSPS) is 11.5. The molecule has 0 spiro atoms. The van der Waals surface area contributed by atoms with Crippen LogP contribution in [0.1, 0.15) is 73.9 Å². The minimum absolute atomic E-state index is 0.0196. The highest BCUT2D eigenvalue weighted by molar-refractivity contribution is 6.32. The first kappa shape index (κ1) is 34.5. The van der Waals surface area contributed by atoms with Crippen LogP contribution in [-0.4, -0.2) is 16.9 Å². The highest BCUT2D eigenvalue weighted by Gasteiger charge is 2.30. The number of rotatable bonds is 10. The van der Waals surface area contributed by atoms with E-state index in [4.69, 9.17) is 16.3 Å². The van der Waals surface area contributed by atoms with Gasteiger partial charge in [0.15, 0.2) is 5.78 Å². The largest absolute Gasteiger partial charge is 0.489 e. The minimum atomic E-state index is -4.46. The molecule has 0 aromatic heterocycles. The molecule has 5 rings (SSSR count). The molecule has 0 saturated carbocycles. The van der Waals surface area contributed by atoms with Crippen molar-refractivity contribution in [1.29, 1.82) is 0 Å². The molecule has 0 atom stereocenters. The summed E-state index contributed by atoms with van der Waals surface area (Å²) in [5.41, 5.74) is 7.16. The molecular formula is C40H34ClF3O4. The topological polar surface area (TPSA) is 63.6 Å². The van der Waals surface area contributed by atoms with Crippen molar-refractivity contribution in [2.24, 2.45) is 0 Å². The fraction of sp³-hybridized carbons (Fsp3) is 0.200. The molecule has 0 fully saturated rings. The number of Topliss-reactive ketones (excluding diaryl/α,β-unsaturated/α-hetero) is 1. The van der Waals surface area contributed by atoms with Crippen LogP contribution in [0.25, 0.3) is 22.3 Å². The molecule has 0 aliphatic rings. The van der Waals surface area contributed by atoms with Gasteiger partial charge in [0.05, 0.1) is 11.1 Å². The summed E-state index contributed by atoms with van der Waals surface area (Å²) in [6.45, 7) is 7.96. The molecule has 246 valence electrons. The van der Waals surface area contributed by atoms with E-state index in [0.717, 1.165) is 61.7 Å². The summed E-state index contributed by atoms with van der Waals surface area (Å²) in [5, 5.41) is 10.9. The summed E-state index contributed by atoms with van der Waals surface area (Å²) >= 11 is 6.32. The summed E-state index contributed by atoms with van der Waals surface area (Å²) < 4.78 is 44.8. The molecular weight excluding hydrogens is 637 g/mol. The lowest BCUT2D eigenvalue weighted by atomic mass is 9.86. The maximum atomic E-state index is 13.4. The minimum Gasteiger partial charge on any atom is -0.489 e. The Balaban J connectivity index is 1.36. The summed E-state index contributed by atoms with van der Waals surface area (Å²) in [6, 6.07) is 26.7. The number of hydrogen-bond acceptors (Lipinski definition) is 3. The number of carbonyl (C=O) groups excluding carboxylic acids is 1. The van der Waals surface area contributed by atoms with Crippen molar-refractivity contribution >= 4 is 23.4 Å². The van der Waals surface area contributed by atoms with Gasteiger partial charge < -0.3 is 9.84 Å². The number of carboxylic acids is 1. The van der Waals surface area contributed by atoms with Gasteiger partial charge in [0.1, 0.15) is 12.4 Å². The van der Waals surface area contributed by atoms with Crippen molar-refractivity contribution in [1.82, 2.24) is 0 Å². The smallest absolute Gasteiger partial charge is 0.416 e. The summed E-state index contributed by atoms with van der Waals surface area (Å²) in [7, 11) is 0. The number of alkyl halides is 3. The second kappa shape index (κ2) is 14.1. The third-order valence-electron chi connectivity index (χ3n) is 8.29. The number of hydrogen-bond donors (Lipinski definition) is 1. The predicted molar refractivity (Wildman–Crippen MR) is 183 cm³/mol. The highest BCUT2D eigenvalue weighted by atomic mass is 35.5. The van der Waals surface area contributed by atoms with E-state index in [1.165, 1.54) is 12.1 Å². The monoisotopic (exact) mass is 670 g/mol. The van der Waals surface area contributed by atoms with E-state index in [-0.39, 0.29) is 36.0 Å². The van der Waals surface area contributed by atoms with Gasteiger partial charge >= 0.3 is 12.1 Å². The maximum absolute atomic E-state index is 13.4. The first-order chi connectivity index (χ1) is 22.7. The Labute approximate surface area is 282 Å². The zero-order valence-electron chi connectivity index (χ0n) is 26.9. The van der Waals surface area contributed by atoms with Gasteiger partial charge in [-0.25, -0.2) is 4.79 Å². The quantitative estimate of drug-likeness (QED) is 0.150. The first-order valence-electron chi connectivity index (χ1n) is 15.4. The average molecular weight is 671 g/mol. The lowest BCUT2D eigenvalue weighted by Crippen LogP contribution is -2.11. The van der Waals surface area contributed by atoms with Crippen LogP contribution in [0.5, 0.6) is 5.75 Å². The standard InChI is InChI=1S/C40H34ClF3O4/c1-23(2)34-18-31(19-37(45)29-14-12-27(13-15-29)30-16-24(3)38(41)25(4)17-30)36(39(46)47)21-35(34)28-10-8-26(9-11-28)22-48-33-7-5-6-32(20-33)40(42,43)44/h5-18,20-21,23H,19,22H2,1-4H3,(H,46,47). The van der Waals surface area contributed by atoms with Crippen LogP contribution in [0.4, 0.5) is 13.2 Å². The molecule has 5 aromatic rings. The van der Waals surface area contributed by atoms with Gasteiger partial charge in [-0.2, -0.15) is 13.2 Å². The fourth-order valence-electron chi connectivity index (χ4n) is 5.68. The second-order valence-electron chi connectivity index (χ2n) is 12.2. The average Bonchev–Trinajstić information content (AvgIpc) is 3.05. The Hall–Kier alpha value is -4.88. The van der Waals surface area contributed by atoms with Gasteiger partial charge in [-0.05, 0) is 106 Å². The molecule has 0 aliphatic carbocycles. The van der Waals surface area contributed by atoms with Crippen LogP contribution < -0.4 is 4.74 Å². The highest BCUT2D eigenvalue weighted by Crippen LogP contribution is 2.35. The van der Waals surface area contributed by atoms with Crippen LogP contribution >= 0.6 is 11.6 Å². The van der Waals surface area contributed by atoms with Crippen LogP contribution in [0, 0.1) is 13.8 Å². The number of aryl methyl sites for hydroxylation is 2. The zero-order chi connectivity index (χ0) is 34.7. The van der Waals surface area contributed by atoms with Crippen LogP contribution in [0.3, 0.4) is 0 Å². The third kappa shape index (κ3) is 7.80. The number of ether oxygens (including phenoxy) is 1. The van der Waals surface area contributed by atoms with E-state index in [9.17, 15) is 27.9 Å². The van der Waals surface area contributed by atoms with Gasteiger partial charge in [0.2, 0.25) is 0 Å². The van der Waals surface area contributed by atoms with Crippen molar-refractivity contribution in [2.45, 2.75) is 52.8 Å². The van der Waals surface area contributed by atoms with E-state index in [2.05, 4.69) is 0 Å². The molecule has 0 saturated heterocycles. The molecule has 8 heteroatoms. The van der Waals surface area contributed by atoms with Crippen molar-refractivity contribution in [3.63, 3.8) is 0 Å². The summed E-state index contributed by atoms with van der Waals surface area (Å²) in [6.07, 6.45) is -4.54. The SMILES string of the molecule is Cc1cc(-c2ccc(C(=O)Cc3cc(C(C)C)c(-c4ccc(COc5cccc(C(F)(F)F)c5)cc4)cc3C(=O)O)cc2)cc(C)c1Cl. The molecule has 0 aliphatic heterocycles. The number of aromatic carboxylic acids is 1. The number of halogens is 4. The zero-order valence-corrected chi connectivity index (χ0v) is 27.7. The maximum Gasteiger partial charge on any atom is 0.416 e. The van der Waals surface area contributed by atoms with Crippen molar-refractivity contribution in [3.05, 3.63) is 147 Å². The van der Waals surface area contributed by atoms with Crippen molar-refractivity contribution in [2.75, 3.05) is 0 Å². The number of carboxylic acid groups (broad SMARTS) is 1. The van der Waals surface area contributed by atoms with E-state index >= 15 is 0 Å². The Bertz CT molecular complexity index is 1960. The summed E-state index contributed by atoms with van der Waals surface area (Å²) in [4.78, 5) is 25.9. The lowest BCUT2D eigenvalue weighted by molar-refractivity contribution is -0.137. The Morgan fingerprint density at radius 1 is 0.812 bits per heavy atom. The Morgan fingerprint density at radius 2 is 1.44 bits per heavy atom. The molecule has 0 bridgehead atoms. The number of carbonyl (C=O) groups is 2. The predicted octanol–water partition coefficient (Wildman–Crippen LogP) is 11.1. The number of ketones is 1. The molecule has 0 radical (unpaired) electrons. The van der Waals surface area contributed by atoms with Crippen molar-refractivity contribution < 1.29 is 32.6 Å². The lowest BCUT2D eigenvalue weighted by Gasteiger charge is -2.18. The second-order valence-corrected chi connectivity index (χ2v) is 12.5. The summed E-state index contributed by atoms with van der Waals surface area (Å²) in [5.74, 6) is -1.20. The van der Waals surface area contributed by atoms with Gasteiger partial charge in [-0.3, -0.25) is 4.79 Å². The molecule has 5 aromatic carbocycles. The van der Waals surface area contributed by atoms with Gasteiger partial charge in [-0.15, -0.1) is 0 Å². The molecule has 48 heavy (non-hydrogen) atoms. The van der Waals surface area contributed by atoms with Crippen LogP contribution in [0.2, 0.25) is 5.02 Å². The first-order valence-corrected chi connectivity index (χ1v) is 15.8. The van der Waals surface area contributed by atoms with E-state index in [0.29, 0.717) is 11.1 Å². The van der Waals surface area contributed by atoms with E-state index in [1.807, 2.05) is 64.1 Å². The van der Waals surface area contributed by atoms with Crippen LogP contribution in [0.15, 0.2) is 97.1 Å². The fourth-order valence-corrected chi connectivity index (χ4v) is 5.79. The van der Waals surface area contributed by atoms with Gasteiger partial charge in [-0.1, -0.05) is 86.1 Å². The Kier molecular flexibility index (Phi) is 10.1. The van der Waals surface area contributed by atoms with E-state index in [1.54, 1.807) is 36.4 Å². The number of benzene rings is 5. The molecule has 0 unspecified atom stereocenters. The van der Waals surface area contributed by atoms with Gasteiger partial charge in [0, 0.05) is 17.0 Å². The van der Waals surface area contributed by atoms with Crippen LogP contribution in [-0.2, 0) is 19.2 Å². The molecule has 4 nitrogen and oxygen atoms in total. The van der Waals surface area contributed by atoms with E-state index < -0.39 is 17.7 Å².